The lowest BCUT2D eigenvalue weighted by atomic mass is 10.1. The van der Waals surface area contributed by atoms with Gasteiger partial charge in [-0.1, -0.05) is 37.1 Å². The Morgan fingerprint density at radius 3 is 2.37 bits per heavy atom. The lowest BCUT2D eigenvalue weighted by molar-refractivity contribution is 0.271. The largest absolute Gasteiger partial charge is 0.319 e. The van der Waals surface area contributed by atoms with Crippen LogP contribution in [0.15, 0.2) is 24.3 Å². The third kappa shape index (κ3) is 4.96. The molecule has 0 saturated heterocycles. The van der Waals surface area contributed by atoms with E-state index in [0.717, 1.165) is 25.4 Å². The summed E-state index contributed by atoms with van der Waals surface area (Å²) in [5.41, 5.74) is 2.87. The number of rotatable bonds is 7. The van der Waals surface area contributed by atoms with Crippen LogP contribution in [-0.4, -0.2) is 32.1 Å². The van der Waals surface area contributed by atoms with Crippen molar-refractivity contribution in [2.45, 2.75) is 38.6 Å². The molecule has 1 saturated carbocycles. The molecule has 1 fully saturated rings. The van der Waals surface area contributed by atoms with E-state index in [4.69, 9.17) is 0 Å². The number of hydrogen-bond acceptors (Lipinski definition) is 2. The second kappa shape index (κ2) is 7.66. The highest BCUT2D eigenvalue weighted by atomic mass is 15.1. The summed E-state index contributed by atoms with van der Waals surface area (Å²) in [4.78, 5) is 2.48. The van der Waals surface area contributed by atoms with Gasteiger partial charge in [-0.3, -0.25) is 0 Å². The van der Waals surface area contributed by atoms with Crippen molar-refractivity contribution in [1.82, 2.24) is 10.2 Å². The lowest BCUT2D eigenvalue weighted by Gasteiger charge is -2.20. The van der Waals surface area contributed by atoms with Crippen LogP contribution in [0.25, 0.3) is 0 Å². The van der Waals surface area contributed by atoms with Crippen LogP contribution in [-0.2, 0) is 13.0 Å². The molecule has 0 heterocycles. The summed E-state index contributed by atoms with van der Waals surface area (Å²) < 4.78 is 0. The summed E-state index contributed by atoms with van der Waals surface area (Å²) >= 11 is 0. The molecule has 1 aromatic rings. The Labute approximate surface area is 118 Å². The van der Waals surface area contributed by atoms with Gasteiger partial charge in [0.2, 0.25) is 0 Å². The summed E-state index contributed by atoms with van der Waals surface area (Å²) in [5, 5.41) is 3.20. The van der Waals surface area contributed by atoms with Crippen molar-refractivity contribution in [1.29, 1.82) is 0 Å². The maximum absolute atomic E-state index is 3.20. The fourth-order valence-electron chi connectivity index (χ4n) is 3.09. The van der Waals surface area contributed by atoms with Gasteiger partial charge in [0.05, 0.1) is 0 Å². The summed E-state index contributed by atoms with van der Waals surface area (Å²) in [6.07, 6.45) is 6.88. The molecule has 1 aromatic carbocycles. The zero-order valence-corrected chi connectivity index (χ0v) is 12.5. The van der Waals surface area contributed by atoms with Gasteiger partial charge in [-0.15, -0.1) is 0 Å². The standard InChI is InChI=1S/C17H28N2/c1-18-12-11-15-7-9-17(10-8-15)14-19(2)13-16-5-3-4-6-16/h7-10,16,18H,3-6,11-14H2,1-2H3. The fourth-order valence-corrected chi connectivity index (χ4v) is 3.09. The number of likely N-dealkylation sites (N-methyl/N-ethyl adjacent to an activating group) is 1. The van der Waals surface area contributed by atoms with Gasteiger partial charge in [0.25, 0.3) is 0 Å². The van der Waals surface area contributed by atoms with Gasteiger partial charge in [-0.25, -0.2) is 0 Å². The monoisotopic (exact) mass is 260 g/mol. The van der Waals surface area contributed by atoms with E-state index in [0.29, 0.717) is 0 Å². The first-order chi connectivity index (χ1) is 9.28. The Morgan fingerprint density at radius 2 is 1.74 bits per heavy atom. The first-order valence-corrected chi connectivity index (χ1v) is 7.69. The summed E-state index contributed by atoms with van der Waals surface area (Å²) in [6.45, 7) is 3.41. The highest BCUT2D eigenvalue weighted by Gasteiger charge is 2.16. The first-order valence-electron chi connectivity index (χ1n) is 7.69. The molecule has 0 bridgehead atoms. The van der Waals surface area contributed by atoms with E-state index in [1.165, 1.54) is 43.4 Å². The molecule has 0 aliphatic heterocycles. The van der Waals surface area contributed by atoms with Crippen LogP contribution in [0.3, 0.4) is 0 Å². The predicted molar refractivity (Wildman–Crippen MR) is 82.4 cm³/mol. The van der Waals surface area contributed by atoms with Crippen LogP contribution >= 0.6 is 0 Å². The fraction of sp³-hybridized carbons (Fsp3) is 0.647. The molecule has 0 radical (unpaired) electrons. The Hall–Kier alpha value is -0.860. The molecule has 0 aromatic heterocycles. The molecule has 2 rings (SSSR count). The maximum Gasteiger partial charge on any atom is 0.0230 e. The zero-order valence-electron chi connectivity index (χ0n) is 12.5. The van der Waals surface area contributed by atoms with Crippen LogP contribution in [0.1, 0.15) is 36.8 Å². The second-order valence-corrected chi connectivity index (χ2v) is 6.02. The lowest BCUT2D eigenvalue weighted by Crippen LogP contribution is -2.24. The number of nitrogens with one attached hydrogen (secondary N) is 1. The van der Waals surface area contributed by atoms with Crippen LogP contribution in [0.2, 0.25) is 0 Å². The van der Waals surface area contributed by atoms with Crippen molar-refractivity contribution in [3.63, 3.8) is 0 Å². The number of benzene rings is 1. The molecular formula is C17H28N2. The number of hydrogen-bond donors (Lipinski definition) is 1. The van der Waals surface area contributed by atoms with Crippen molar-refractivity contribution in [3.8, 4) is 0 Å². The van der Waals surface area contributed by atoms with Crippen molar-refractivity contribution in [3.05, 3.63) is 35.4 Å². The minimum absolute atomic E-state index is 0.944. The Morgan fingerprint density at radius 1 is 1.11 bits per heavy atom. The predicted octanol–water partition coefficient (Wildman–Crippen LogP) is 3.07. The molecule has 0 atom stereocenters. The SMILES string of the molecule is CNCCc1ccc(CN(C)CC2CCCC2)cc1. The molecular weight excluding hydrogens is 232 g/mol. The van der Waals surface area contributed by atoms with Crippen LogP contribution in [0.5, 0.6) is 0 Å². The van der Waals surface area contributed by atoms with E-state index in [1.54, 1.807) is 0 Å². The highest BCUT2D eigenvalue weighted by Crippen LogP contribution is 2.25. The van der Waals surface area contributed by atoms with E-state index in [-0.39, 0.29) is 0 Å². The first kappa shape index (κ1) is 14.5. The molecule has 1 aliphatic rings. The van der Waals surface area contributed by atoms with Gasteiger partial charge in [0.15, 0.2) is 0 Å². The number of nitrogens with zero attached hydrogens (tertiary/aromatic N) is 1. The maximum atomic E-state index is 3.20. The zero-order chi connectivity index (χ0) is 13.5. The second-order valence-electron chi connectivity index (χ2n) is 6.02. The molecule has 1 aliphatic carbocycles. The Bertz CT molecular complexity index is 352. The molecule has 19 heavy (non-hydrogen) atoms. The van der Waals surface area contributed by atoms with Gasteiger partial charge < -0.3 is 10.2 Å². The molecule has 1 N–H and O–H groups in total. The van der Waals surface area contributed by atoms with E-state index < -0.39 is 0 Å². The van der Waals surface area contributed by atoms with Gasteiger partial charge in [0.1, 0.15) is 0 Å². The molecule has 2 heteroatoms. The average Bonchev–Trinajstić information content (AvgIpc) is 2.90. The Kier molecular flexibility index (Phi) is 5.87. The van der Waals surface area contributed by atoms with Crippen LogP contribution in [0.4, 0.5) is 0 Å². The molecule has 0 spiro atoms. The van der Waals surface area contributed by atoms with Crippen LogP contribution in [0, 0.1) is 5.92 Å². The van der Waals surface area contributed by atoms with Gasteiger partial charge in [0, 0.05) is 13.1 Å². The molecule has 0 amide bonds. The summed E-state index contributed by atoms with van der Waals surface area (Å²) in [6, 6.07) is 9.12. The van der Waals surface area contributed by atoms with Gasteiger partial charge in [-0.2, -0.15) is 0 Å². The van der Waals surface area contributed by atoms with Gasteiger partial charge >= 0.3 is 0 Å². The molecule has 106 valence electrons. The quantitative estimate of drug-likeness (QED) is 0.810. The molecule has 0 unspecified atom stereocenters. The minimum Gasteiger partial charge on any atom is -0.319 e. The average molecular weight is 260 g/mol. The smallest absolute Gasteiger partial charge is 0.0230 e. The van der Waals surface area contributed by atoms with Crippen molar-refractivity contribution >= 4 is 0 Å². The summed E-state index contributed by atoms with van der Waals surface area (Å²) in [5.74, 6) is 0.944. The Balaban J connectivity index is 1.77. The topological polar surface area (TPSA) is 15.3 Å². The van der Waals surface area contributed by atoms with Crippen molar-refractivity contribution < 1.29 is 0 Å². The van der Waals surface area contributed by atoms with Gasteiger partial charge in [-0.05, 0) is 56.9 Å². The highest BCUT2D eigenvalue weighted by molar-refractivity contribution is 5.22. The van der Waals surface area contributed by atoms with E-state index >= 15 is 0 Å². The van der Waals surface area contributed by atoms with E-state index in [2.05, 4.69) is 41.5 Å². The third-order valence-electron chi connectivity index (χ3n) is 4.18. The van der Waals surface area contributed by atoms with E-state index in [9.17, 15) is 0 Å². The van der Waals surface area contributed by atoms with Crippen molar-refractivity contribution in [2.24, 2.45) is 5.92 Å². The van der Waals surface area contributed by atoms with Crippen molar-refractivity contribution in [2.75, 3.05) is 27.2 Å². The normalized spacial score (nSPS) is 16.4. The molecule has 2 nitrogen and oxygen atoms in total. The summed E-state index contributed by atoms with van der Waals surface area (Å²) in [7, 11) is 4.26. The van der Waals surface area contributed by atoms with E-state index in [1.807, 2.05) is 7.05 Å². The third-order valence-corrected chi connectivity index (χ3v) is 4.18. The minimum atomic E-state index is 0.944. The van der Waals surface area contributed by atoms with Crippen LogP contribution < -0.4 is 5.32 Å².